The van der Waals surface area contributed by atoms with Crippen LogP contribution in [0.15, 0.2) is 77.8 Å². The third kappa shape index (κ3) is 5.51. The van der Waals surface area contributed by atoms with Crippen LogP contribution in [0.5, 0.6) is 5.75 Å². The normalized spacial score (nSPS) is 13.8. The number of carboxylic acid groups (broad SMARTS) is 1. The minimum absolute atomic E-state index is 0.0324. The molecule has 202 valence electrons. The zero-order valence-electron chi connectivity index (χ0n) is 20.0. The summed E-state index contributed by atoms with van der Waals surface area (Å²) in [5, 5.41) is 10.7. The summed E-state index contributed by atoms with van der Waals surface area (Å²) in [5.74, 6) is -3.12. The number of halogens is 4. The molecule has 12 heteroatoms. The summed E-state index contributed by atoms with van der Waals surface area (Å²) < 4.78 is 85.1. The molecular weight excluding hydrogens is 540 g/mol. The number of aromatic nitrogens is 1. The van der Waals surface area contributed by atoms with Crippen LogP contribution in [0.4, 0.5) is 23.4 Å². The Hall–Kier alpha value is -4.19. The summed E-state index contributed by atoms with van der Waals surface area (Å²) >= 11 is 0. The van der Waals surface area contributed by atoms with E-state index < -0.39 is 44.4 Å². The topological polar surface area (TPSA) is 96.8 Å². The number of carbonyl (C=O) groups is 1. The number of alkyl halides is 3. The van der Waals surface area contributed by atoms with Crippen molar-refractivity contribution in [1.82, 2.24) is 4.98 Å². The van der Waals surface area contributed by atoms with Crippen molar-refractivity contribution in [2.24, 2.45) is 0 Å². The molecule has 0 atom stereocenters. The van der Waals surface area contributed by atoms with Gasteiger partial charge in [-0.15, -0.1) is 13.2 Å². The number of anilines is 1. The monoisotopic (exact) mass is 560 g/mol. The lowest BCUT2D eigenvalue weighted by atomic mass is 10.0. The van der Waals surface area contributed by atoms with Gasteiger partial charge in [0.15, 0.2) is 0 Å². The van der Waals surface area contributed by atoms with Crippen LogP contribution in [0.3, 0.4) is 0 Å². The largest absolute Gasteiger partial charge is 0.573 e. The van der Waals surface area contributed by atoms with Crippen molar-refractivity contribution in [3.05, 3.63) is 95.4 Å². The zero-order valence-corrected chi connectivity index (χ0v) is 20.8. The second kappa shape index (κ2) is 9.84. The van der Waals surface area contributed by atoms with E-state index >= 15 is 0 Å². The fourth-order valence-corrected chi connectivity index (χ4v) is 5.78. The van der Waals surface area contributed by atoms with Gasteiger partial charge in [-0.05, 0) is 60.0 Å². The lowest BCUT2D eigenvalue weighted by Crippen LogP contribution is -2.32. The van der Waals surface area contributed by atoms with Crippen molar-refractivity contribution in [3.8, 4) is 5.75 Å². The quantitative estimate of drug-likeness (QED) is 0.256. The van der Waals surface area contributed by atoms with Gasteiger partial charge in [-0.2, -0.15) is 0 Å². The number of hydrogen-bond acceptors (Lipinski definition) is 5. The van der Waals surface area contributed by atoms with E-state index in [1.54, 1.807) is 0 Å². The molecule has 0 unspecified atom stereocenters. The van der Waals surface area contributed by atoms with Crippen LogP contribution in [0.1, 0.15) is 40.2 Å². The Labute approximate surface area is 220 Å². The van der Waals surface area contributed by atoms with E-state index in [9.17, 15) is 30.8 Å². The Morgan fingerprint density at radius 3 is 2.36 bits per heavy atom. The van der Waals surface area contributed by atoms with Gasteiger partial charge < -0.3 is 9.84 Å². The molecule has 0 aliphatic heterocycles. The van der Waals surface area contributed by atoms with Gasteiger partial charge in [-0.25, -0.2) is 26.9 Å². The molecule has 1 aliphatic rings. The molecule has 0 bridgehead atoms. The van der Waals surface area contributed by atoms with Gasteiger partial charge in [0.1, 0.15) is 17.4 Å². The first-order valence-corrected chi connectivity index (χ1v) is 13.2. The average molecular weight is 561 g/mol. The Kier molecular flexibility index (Phi) is 6.67. The number of ether oxygens (including phenoxy) is 1. The van der Waals surface area contributed by atoms with Crippen LogP contribution < -0.4 is 9.04 Å². The number of nitrogens with zero attached hydrogens (tertiary/aromatic N) is 2. The number of hydrogen-bond donors (Lipinski definition) is 1. The average Bonchev–Trinajstić information content (AvgIpc) is 3.71. The second-order valence-corrected chi connectivity index (χ2v) is 10.9. The third-order valence-electron chi connectivity index (χ3n) is 6.28. The van der Waals surface area contributed by atoms with Crippen LogP contribution in [-0.2, 0) is 16.6 Å². The fourth-order valence-electron chi connectivity index (χ4n) is 4.34. The Morgan fingerprint density at radius 2 is 1.74 bits per heavy atom. The van der Waals surface area contributed by atoms with Gasteiger partial charge in [-0.1, -0.05) is 36.4 Å². The van der Waals surface area contributed by atoms with Gasteiger partial charge >= 0.3 is 12.3 Å². The van der Waals surface area contributed by atoms with Gasteiger partial charge in [-0.3, -0.25) is 0 Å². The van der Waals surface area contributed by atoms with Gasteiger partial charge in [0.05, 0.1) is 17.0 Å². The highest BCUT2D eigenvalue weighted by atomic mass is 32.2. The van der Waals surface area contributed by atoms with Crippen molar-refractivity contribution >= 4 is 32.6 Å². The van der Waals surface area contributed by atoms with E-state index in [4.69, 9.17) is 5.11 Å². The molecule has 5 rings (SSSR count). The minimum atomic E-state index is -4.89. The van der Waals surface area contributed by atoms with Crippen molar-refractivity contribution in [1.29, 1.82) is 0 Å². The highest BCUT2D eigenvalue weighted by Gasteiger charge is 2.36. The number of benzene rings is 3. The first-order chi connectivity index (χ1) is 18.4. The lowest BCUT2D eigenvalue weighted by molar-refractivity contribution is -0.274. The first kappa shape index (κ1) is 26.4. The molecule has 4 aromatic rings. The summed E-state index contributed by atoms with van der Waals surface area (Å²) in [4.78, 5) is 15.2. The molecule has 1 N–H and O–H groups in total. The maximum absolute atomic E-state index is 14.5. The van der Waals surface area contributed by atoms with E-state index in [0.717, 1.165) is 52.2 Å². The van der Waals surface area contributed by atoms with Crippen molar-refractivity contribution < 1.29 is 40.6 Å². The lowest BCUT2D eigenvalue weighted by Gasteiger charge is -2.27. The summed E-state index contributed by atoms with van der Waals surface area (Å²) in [7, 11) is -4.53. The summed E-state index contributed by atoms with van der Waals surface area (Å²) in [6.45, 7) is -0.345. The predicted molar refractivity (Wildman–Crippen MR) is 134 cm³/mol. The number of fused-ring (bicyclic) bond motifs is 1. The maximum atomic E-state index is 14.5. The molecule has 1 aromatic heterocycles. The number of rotatable bonds is 8. The highest BCUT2D eigenvalue weighted by molar-refractivity contribution is 7.92. The standard InChI is InChI=1S/C27H20F4N2O5S/c28-23-13-20(11-12-22(23)26(34)35)39(36,37)33(15-16-5-9-19(10-6-16)38-27(29,30)31)25-24(17-7-8-17)21-4-2-1-3-18(21)14-32-25/h1-6,9-14,17H,7-8,15H2,(H,34,35). The van der Waals surface area contributed by atoms with E-state index in [0.29, 0.717) is 17.2 Å². The summed E-state index contributed by atoms with van der Waals surface area (Å²) in [5.41, 5.74) is 0.312. The number of sulfonamides is 1. The molecule has 1 heterocycles. The van der Waals surface area contributed by atoms with Gasteiger partial charge in [0.2, 0.25) is 0 Å². The van der Waals surface area contributed by atoms with Crippen molar-refractivity contribution in [3.63, 3.8) is 0 Å². The molecule has 1 aliphatic carbocycles. The first-order valence-electron chi connectivity index (χ1n) is 11.7. The highest BCUT2D eigenvalue weighted by Crippen LogP contribution is 2.48. The predicted octanol–water partition coefficient (Wildman–Crippen LogP) is 6.24. The van der Waals surface area contributed by atoms with Crippen LogP contribution in [0.25, 0.3) is 10.8 Å². The van der Waals surface area contributed by atoms with Crippen molar-refractivity contribution in [2.75, 3.05) is 4.31 Å². The molecular formula is C27H20F4N2O5S. The van der Waals surface area contributed by atoms with Crippen LogP contribution in [0.2, 0.25) is 0 Å². The molecule has 7 nitrogen and oxygen atoms in total. The Morgan fingerprint density at radius 1 is 1.05 bits per heavy atom. The molecule has 0 saturated heterocycles. The molecule has 3 aromatic carbocycles. The Balaban J connectivity index is 1.64. The van der Waals surface area contributed by atoms with E-state index in [2.05, 4.69) is 9.72 Å². The van der Waals surface area contributed by atoms with Crippen molar-refractivity contribution in [2.45, 2.75) is 36.6 Å². The third-order valence-corrected chi connectivity index (χ3v) is 8.01. The number of carboxylic acids is 1. The molecule has 0 spiro atoms. The Bertz CT molecular complexity index is 1670. The van der Waals surface area contributed by atoms with E-state index in [1.807, 2.05) is 24.3 Å². The van der Waals surface area contributed by atoms with Gasteiger partial charge in [0, 0.05) is 17.1 Å². The molecule has 0 radical (unpaired) electrons. The second-order valence-electron chi connectivity index (χ2n) is 9.01. The van der Waals surface area contributed by atoms with Crippen LogP contribution in [-0.4, -0.2) is 30.8 Å². The molecule has 0 amide bonds. The number of aromatic carboxylic acids is 1. The zero-order chi connectivity index (χ0) is 27.9. The molecule has 1 fully saturated rings. The fraction of sp³-hybridized carbons (Fsp3) is 0.185. The number of pyridine rings is 1. The smallest absolute Gasteiger partial charge is 0.478 e. The van der Waals surface area contributed by atoms with E-state index in [-0.39, 0.29) is 18.3 Å². The van der Waals surface area contributed by atoms with Gasteiger partial charge in [0.25, 0.3) is 10.0 Å². The summed E-state index contributed by atoms with van der Waals surface area (Å²) in [6.07, 6.45) is -1.76. The van der Waals surface area contributed by atoms with E-state index in [1.165, 1.54) is 18.3 Å². The SMILES string of the molecule is O=C(O)c1ccc(S(=O)(=O)N(Cc2ccc(OC(F)(F)F)cc2)c2ncc3ccccc3c2C2CC2)cc1F. The van der Waals surface area contributed by atoms with Crippen LogP contribution >= 0.6 is 0 Å². The maximum Gasteiger partial charge on any atom is 0.573 e. The summed E-state index contributed by atoms with van der Waals surface area (Å²) in [6, 6.07) is 14.5. The minimum Gasteiger partial charge on any atom is -0.478 e. The molecule has 39 heavy (non-hydrogen) atoms. The molecule has 1 saturated carbocycles. The van der Waals surface area contributed by atoms with Crippen LogP contribution in [0, 0.1) is 5.82 Å².